The van der Waals surface area contributed by atoms with Gasteiger partial charge in [0.15, 0.2) is 5.96 Å². The van der Waals surface area contributed by atoms with Crippen molar-refractivity contribution in [3.63, 3.8) is 0 Å². The number of amides is 3. The third kappa shape index (κ3) is 12.4. The number of benzene rings is 1. The second kappa shape index (κ2) is 17.4. The Morgan fingerprint density at radius 2 is 1.55 bits per heavy atom. The number of phenols is 1. The standard InChI is InChI=1S/C23H37N7O6S2/c1-38-10-8-16(28-19(32)15(24)11-13-4-6-14(31)7-5-13)20(33)30-18(12-37)21(34)29-17(22(35)36)3-2-9-27-23(25)26/h4-7,15-18,31,37H,2-3,8-12,24H2,1H3,(H,28,32)(H,29,34)(H,30,33)(H,35,36)(H4,25,26,27). The lowest BCUT2D eigenvalue weighted by Crippen LogP contribution is -2.58. The van der Waals surface area contributed by atoms with Gasteiger partial charge in [0, 0.05) is 12.3 Å². The van der Waals surface area contributed by atoms with E-state index in [0.29, 0.717) is 12.2 Å². The number of nitrogens with two attached hydrogens (primary N) is 3. The van der Waals surface area contributed by atoms with Crippen LogP contribution in [0.3, 0.4) is 0 Å². The quantitative estimate of drug-likeness (QED) is 0.0456. The lowest BCUT2D eigenvalue weighted by atomic mass is 10.0. The molecule has 0 fully saturated rings. The molecule has 0 saturated carbocycles. The van der Waals surface area contributed by atoms with E-state index in [1.54, 1.807) is 12.1 Å². The average Bonchev–Trinajstić information content (AvgIpc) is 2.87. The summed E-state index contributed by atoms with van der Waals surface area (Å²) < 4.78 is 0. The van der Waals surface area contributed by atoms with Crippen molar-refractivity contribution in [1.82, 2.24) is 16.0 Å². The van der Waals surface area contributed by atoms with E-state index in [-0.39, 0.29) is 43.3 Å². The summed E-state index contributed by atoms with van der Waals surface area (Å²) in [4.78, 5) is 53.8. The molecule has 0 radical (unpaired) electrons. The van der Waals surface area contributed by atoms with Crippen LogP contribution in [0.5, 0.6) is 5.75 Å². The molecule has 3 amide bonds. The molecule has 212 valence electrons. The van der Waals surface area contributed by atoms with Crippen LogP contribution in [0.4, 0.5) is 0 Å². The number of phenolic OH excluding ortho intramolecular Hbond substituents is 1. The maximum Gasteiger partial charge on any atom is 0.326 e. The fourth-order valence-corrected chi connectivity index (χ4v) is 3.99. The van der Waals surface area contributed by atoms with Crippen molar-refractivity contribution in [2.24, 2.45) is 22.2 Å². The topological polar surface area (TPSA) is 235 Å². The molecule has 13 nitrogen and oxygen atoms in total. The van der Waals surface area contributed by atoms with E-state index in [9.17, 15) is 29.4 Å². The van der Waals surface area contributed by atoms with Crippen molar-refractivity contribution in [3.05, 3.63) is 29.8 Å². The molecule has 4 unspecified atom stereocenters. The Balaban J connectivity index is 2.80. The van der Waals surface area contributed by atoms with Gasteiger partial charge >= 0.3 is 5.97 Å². The normalized spacial score (nSPS) is 13.9. The smallest absolute Gasteiger partial charge is 0.326 e. The second-order valence-corrected chi connectivity index (χ2v) is 9.76. The minimum Gasteiger partial charge on any atom is -0.508 e. The molecular weight excluding hydrogens is 534 g/mol. The highest BCUT2D eigenvalue weighted by Crippen LogP contribution is 2.11. The number of aliphatic carboxylic acids is 1. The van der Waals surface area contributed by atoms with Gasteiger partial charge in [-0.1, -0.05) is 12.1 Å². The van der Waals surface area contributed by atoms with Crippen LogP contribution in [-0.2, 0) is 25.6 Å². The number of nitrogens with zero attached hydrogens (tertiary/aromatic N) is 1. The minimum absolute atomic E-state index is 0.0659. The zero-order valence-electron chi connectivity index (χ0n) is 21.1. The third-order valence-corrected chi connectivity index (χ3v) is 6.36. The van der Waals surface area contributed by atoms with Crippen molar-refractivity contribution in [2.45, 2.75) is 49.9 Å². The molecule has 0 saturated heterocycles. The Labute approximate surface area is 231 Å². The van der Waals surface area contributed by atoms with Gasteiger partial charge in [0.2, 0.25) is 17.7 Å². The Bertz CT molecular complexity index is 960. The molecule has 1 rings (SSSR count). The van der Waals surface area contributed by atoms with Crippen LogP contribution in [0.2, 0.25) is 0 Å². The maximum absolute atomic E-state index is 13.0. The van der Waals surface area contributed by atoms with Crippen molar-refractivity contribution >= 4 is 54.0 Å². The SMILES string of the molecule is CSCCC(NC(=O)C(N)Cc1ccc(O)cc1)C(=O)NC(CS)C(=O)NC(CCCN=C(N)N)C(=O)O. The largest absolute Gasteiger partial charge is 0.508 e. The molecule has 0 bridgehead atoms. The maximum atomic E-state index is 13.0. The zero-order valence-corrected chi connectivity index (χ0v) is 22.8. The van der Waals surface area contributed by atoms with E-state index in [0.717, 1.165) is 5.56 Å². The first-order chi connectivity index (χ1) is 18.0. The molecule has 0 aromatic heterocycles. The number of rotatable bonds is 17. The summed E-state index contributed by atoms with van der Waals surface area (Å²) >= 11 is 5.59. The van der Waals surface area contributed by atoms with Gasteiger partial charge in [0.1, 0.15) is 23.9 Å². The van der Waals surface area contributed by atoms with Crippen molar-refractivity contribution in [3.8, 4) is 5.75 Å². The summed E-state index contributed by atoms with van der Waals surface area (Å²) in [6, 6.07) is 1.94. The second-order valence-electron chi connectivity index (χ2n) is 8.41. The van der Waals surface area contributed by atoms with Gasteiger partial charge < -0.3 is 43.4 Å². The Kier molecular flexibility index (Phi) is 15.0. The minimum atomic E-state index is -1.25. The molecule has 4 atom stereocenters. The number of thiol groups is 1. The van der Waals surface area contributed by atoms with Gasteiger partial charge in [-0.25, -0.2) is 4.79 Å². The number of guanidine groups is 1. The number of carbonyl (C=O) groups is 4. The summed E-state index contributed by atoms with van der Waals surface area (Å²) in [6.45, 7) is 0.195. The van der Waals surface area contributed by atoms with Crippen molar-refractivity contribution in [1.29, 1.82) is 0 Å². The molecule has 0 spiro atoms. The zero-order chi connectivity index (χ0) is 28.7. The average molecular weight is 572 g/mol. The highest BCUT2D eigenvalue weighted by Gasteiger charge is 2.29. The molecule has 0 aliphatic carbocycles. The van der Waals surface area contributed by atoms with Crippen molar-refractivity contribution in [2.75, 3.05) is 24.3 Å². The third-order valence-electron chi connectivity index (χ3n) is 5.35. The number of carboxylic acids is 1. The predicted molar refractivity (Wildman–Crippen MR) is 150 cm³/mol. The fraction of sp³-hybridized carbons (Fsp3) is 0.522. The lowest BCUT2D eigenvalue weighted by Gasteiger charge is -2.24. The number of aromatic hydroxyl groups is 1. The fourth-order valence-electron chi connectivity index (χ4n) is 3.26. The first kappa shape index (κ1) is 32.9. The molecule has 1 aromatic carbocycles. The summed E-state index contributed by atoms with van der Waals surface area (Å²) in [5, 5.41) is 26.4. The Hall–Kier alpha value is -3.17. The van der Waals surface area contributed by atoms with Crippen LogP contribution < -0.4 is 33.2 Å². The van der Waals surface area contributed by atoms with E-state index in [1.807, 2.05) is 6.26 Å². The molecule has 0 aliphatic heterocycles. The first-order valence-electron chi connectivity index (χ1n) is 11.8. The van der Waals surface area contributed by atoms with Crippen molar-refractivity contribution < 1.29 is 29.4 Å². The molecule has 11 N–H and O–H groups in total. The van der Waals surface area contributed by atoms with Crippen LogP contribution in [0.25, 0.3) is 0 Å². The van der Waals surface area contributed by atoms with E-state index in [1.165, 1.54) is 23.9 Å². The summed E-state index contributed by atoms with van der Waals surface area (Å²) in [5.74, 6) is -2.77. The molecular formula is C23H37N7O6S2. The summed E-state index contributed by atoms with van der Waals surface area (Å²) in [6.07, 6.45) is 2.67. The summed E-state index contributed by atoms with van der Waals surface area (Å²) in [7, 11) is 0. The van der Waals surface area contributed by atoms with Crippen LogP contribution in [0.15, 0.2) is 29.3 Å². The number of carbonyl (C=O) groups excluding carboxylic acids is 3. The highest BCUT2D eigenvalue weighted by molar-refractivity contribution is 7.98. The van der Waals surface area contributed by atoms with Crippen LogP contribution in [-0.4, -0.2) is 88.3 Å². The van der Waals surface area contributed by atoms with E-state index >= 15 is 0 Å². The summed E-state index contributed by atoms with van der Waals surface area (Å²) in [5.41, 5.74) is 17.2. The van der Waals surface area contributed by atoms with E-state index in [2.05, 4.69) is 33.6 Å². The predicted octanol–water partition coefficient (Wildman–Crippen LogP) is -1.46. The molecule has 15 heteroatoms. The van der Waals surface area contributed by atoms with Gasteiger partial charge in [-0.2, -0.15) is 24.4 Å². The Morgan fingerprint density at radius 3 is 2.11 bits per heavy atom. The molecule has 1 aromatic rings. The van der Waals surface area contributed by atoms with Crippen LogP contribution in [0.1, 0.15) is 24.8 Å². The molecule has 0 aliphatic rings. The van der Waals surface area contributed by atoms with Crippen LogP contribution in [0, 0.1) is 0 Å². The van der Waals surface area contributed by atoms with Crippen LogP contribution >= 0.6 is 24.4 Å². The molecule has 38 heavy (non-hydrogen) atoms. The van der Waals surface area contributed by atoms with Gasteiger partial charge in [-0.3, -0.25) is 19.4 Å². The van der Waals surface area contributed by atoms with Gasteiger partial charge in [-0.05, 0) is 55.4 Å². The van der Waals surface area contributed by atoms with E-state index in [4.69, 9.17) is 17.2 Å². The number of carboxylic acid groups (broad SMARTS) is 1. The number of hydrogen-bond donors (Lipinski definition) is 9. The van der Waals surface area contributed by atoms with Gasteiger partial charge in [0.05, 0.1) is 6.04 Å². The monoisotopic (exact) mass is 571 g/mol. The molecule has 0 heterocycles. The van der Waals surface area contributed by atoms with Gasteiger partial charge in [0.25, 0.3) is 0 Å². The first-order valence-corrected chi connectivity index (χ1v) is 13.8. The highest BCUT2D eigenvalue weighted by atomic mass is 32.2. The van der Waals surface area contributed by atoms with Gasteiger partial charge in [-0.15, -0.1) is 0 Å². The number of hydrogen-bond acceptors (Lipinski definition) is 9. The number of thioether (sulfide) groups is 1. The lowest BCUT2D eigenvalue weighted by molar-refractivity contribution is -0.142. The number of aliphatic imine (C=N–C) groups is 1. The number of nitrogens with one attached hydrogen (secondary N) is 3. The van der Waals surface area contributed by atoms with E-state index < -0.39 is 47.9 Å². The Morgan fingerprint density at radius 1 is 0.974 bits per heavy atom.